The number of hydrogen-bond acceptors (Lipinski definition) is 12. The zero-order valence-corrected chi connectivity index (χ0v) is 24.7. The molecule has 6 rings (SSSR count). The lowest BCUT2D eigenvalue weighted by molar-refractivity contribution is -0.140. The van der Waals surface area contributed by atoms with E-state index in [1.807, 2.05) is 49.4 Å². The molecule has 5 aromatic rings. The minimum Gasteiger partial charge on any atom is -0.488 e. The van der Waals surface area contributed by atoms with Gasteiger partial charge in [-0.15, -0.1) is 0 Å². The van der Waals surface area contributed by atoms with Gasteiger partial charge in [0, 0.05) is 24.4 Å². The Hall–Kier alpha value is -5.71. The third-order valence-electron chi connectivity index (χ3n) is 7.59. The lowest BCUT2D eigenvalue weighted by Gasteiger charge is -2.20. The molecule has 0 amide bonds. The van der Waals surface area contributed by atoms with Crippen LogP contribution in [0.25, 0.3) is 22.2 Å². The number of carbonyl (C=O) groups is 1. The first-order chi connectivity index (χ1) is 22.4. The maximum atomic E-state index is 11.5. The average Bonchev–Trinajstić information content (AvgIpc) is 3.58. The summed E-state index contributed by atoms with van der Waals surface area (Å²) in [6.07, 6.45) is 1.51. The maximum absolute atomic E-state index is 11.5. The predicted octanol–water partition coefficient (Wildman–Crippen LogP) is 3.93. The molecule has 0 fully saturated rings. The van der Waals surface area contributed by atoms with E-state index in [9.17, 15) is 20.3 Å². The molecule has 13 heteroatoms. The Bertz CT molecular complexity index is 1940. The van der Waals surface area contributed by atoms with Crippen LogP contribution in [0.2, 0.25) is 0 Å². The zero-order chi connectivity index (χ0) is 32.0. The van der Waals surface area contributed by atoms with Gasteiger partial charge in [0.1, 0.15) is 55.5 Å². The summed E-state index contributed by atoms with van der Waals surface area (Å²) < 4.78 is 29.0. The molecule has 3 aromatic carbocycles. The normalized spacial score (nSPS) is 12.8. The third-order valence-corrected chi connectivity index (χ3v) is 7.59. The minimum atomic E-state index is -1.22. The van der Waals surface area contributed by atoms with Crippen LogP contribution in [-0.2, 0) is 24.6 Å². The van der Waals surface area contributed by atoms with Crippen molar-refractivity contribution in [3.05, 3.63) is 88.7 Å². The first kappa shape index (κ1) is 30.3. The Morgan fingerprint density at radius 1 is 1.02 bits per heavy atom. The van der Waals surface area contributed by atoms with Gasteiger partial charge in [-0.1, -0.05) is 24.3 Å². The molecular weight excluding hydrogens is 594 g/mol. The quantitative estimate of drug-likeness (QED) is 0.182. The van der Waals surface area contributed by atoms with Gasteiger partial charge in [-0.3, -0.25) is 10.1 Å². The summed E-state index contributed by atoms with van der Waals surface area (Å²) in [6.45, 7) is 2.64. The fourth-order valence-electron chi connectivity index (χ4n) is 5.11. The Balaban J connectivity index is 1.30. The molecule has 3 heterocycles. The highest BCUT2D eigenvalue weighted by atomic mass is 16.6. The van der Waals surface area contributed by atoms with Crippen molar-refractivity contribution < 1.29 is 38.6 Å². The lowest BCUT2D eigenvalue weighted by Crippen LogP contribution is -2.39. The van der Waals surface area contributed by atoms with E-state index in [0.717, 1.165) is 28.0 Å². The van der Waals surface area contributed by atoms with E-state index in [-0.39, 0.29) is 25.5 Å². The zero-order valence-electron chi connectivity index (χ0n) is 24.7. The van der Waals surface area contributed by atoms with Crippen LogP contribution in [0.3, 0.4) is 0 Å². The molecule has 0 spiro atoms. The average molecular weight is 624 g/mol. The summed E-state index contributed by atoms with van der Waals surface area (Å²) >= 11 is 0. The summed E-state index contributed by atoms with van der Waals surface area (Å²) in [5, 5.41) is 39.1. The highest BCUT2D eigenvalue weighted by Gasteiger charge is 2.23. The first-order valence-corrected chi connectivity index (χ1v) is 14.4. The fraction of sp³-hybridized carbons (Fsp3) is 0.242. The van der Waals surface area contributed by atoms with Crippen molar-refractivity contribution >= 4 is 17.0 Å². The standard InChI is InChI=1S/C33H29N5O8/c1-19-22(3-2-4-24(19)21-5-6-27-29(12-21)43-10-9-42-27)18-45-30-13-28(44-17-20-7-8-35-23(11-20)14-34)25(31-32(30)38-46-37-31)15-36-26(16-39)33(40)41/h2-8,11-13,26,36,39H,9-10,15-18H2,1H3,(H,40,41). The van der Waals surface area contributed by atoms with Gasteiger partial charge in [-0.05, 0) is 69.3 Å². The Morgan fingerprint density at radius 2 is 1.83 bits per heavy atom. The minimum absolute atomic E-state index is 0.0334. The van der Waals surface area contributed by atoms with Crippen LogP contribution >= 0.6 is 0 Å². The number of aliphatic hydroxyl groups is 1. The molecule has 0 radical (unpaired) electrons. The molecule has 2 aromatic heterocycles. The lowest BCUT2D eigenvalue weighted by atomic mass is 9.96. The molecule has 13 nitrogen and oxygen atoms in total. The number of ether oxygens (including phenoxy) is 4. The monoisotopic (exact) mass is 623 g/mol. The van der Waals surface area contributed by atoms with Crippen molar-refractivity contribution in [2.75, 3.05) is 19.8 Å². The van der Waals surface area contributed by atoms with Crippen molar-refractivity contribution in [3.8, 4) is 40.2 Å². The van der Waals surface area contributed by atoms with Crippen LogP contribution in [0.1, 0.15) is 27.9 Å². The fourth-order valence-corrected chi connectivity index (χ4v) is 5.11. The van der Waals surface area contributed by atoms with Gasteiger partial charge in [-0.25, -0.2) is 9.61 Å². The van der Waals surface area contributed by atoms with Crippen molar-refractivity contribution in [1.29, 1.82) is 5.26 Å². The molecule has 3 N–H and O–H groups in total. The van der Waals surface area contributed by atoms with Gasteiger partial charge >= 0.3 is 5.97 Å². The summed E-state index contributed by atoms with van der Waals surface area (Å²) in [7, 11) is 0. The van der Waals surface area contributed by atoms with Gasteiger partial charge in [0.2, 0.25) is 0 Å². The van der Waals surface area contributed by atoms with Gasteiger partial charge < -0.3 is 29.2 Å². The number of pyridine rings is 1. The van der Waals surface area contributed by atoms with Crippen molar-refractivity contribution in [2.24, 2.45) is 0 Å². The number of rotatable bonds is 12. The van der Waals surface area contributed by atoms with E-state index in [0.29, 0.717) is 52.6 Å². The van der Waals surface area contributed by atoms with Crippen molar-refractivity contribution in [1.82, 2.24) is 20.6 Å². The Kier molecular flexibility index (Phi) is 8.91. The number of carboxylic acid groups (broad SMARTS) is 1. The molecule has 1 aliphatic rings. The number of nitrogens with zero attached hydrogens (tertiary/aromatic N) is 4. The molecular formula is C33H29N5O8. The molecule has 1 atom stereocenters. The van der Waals surface area contributed by atoms with E-state index in [1.165, 1.54) is 6.20 Å². The number of nitrogens with one attached hydrogen (secondary N) is 1. The molecule has 1 unspecified atom stereocenters. The molecule has 0 aliphatic carbocycles. The van der Waals surface area contributed by atoms with Gasteiger partial charge in [0.05, 0.1) is 6.61 Å². The summed E-state index contributed by atoms with van der Waals surface area (Å²) in [5.41, 5.74) is 5.95. The maximum Gasteiger partial charge on any atom is 0.323 e. The SMILES string of the molecule is Cc1c(COc2cc(OCc3ccnc(C#N)c3)c(CNC(CO)C(=O)O)c3nonc23)cccc1-c1ccc2c(c1)OCCO2. The van der Waals surface area contributed by atoms with Crippen LogP contribution in [0, 0.1) is 18.3 Å². The van der Waals surface area contributed by atoms with Crippen LogP contribution in [0.5, 0.6) is 23.0 Å². The Morgan fingerprint density at radius 3 is 2.63 bits per heavy atom. The summed E-state index contributed by atoms with van der Waals surface area (Å²) in [6, 6.07) is 17.6. The van der Waals surface area contributed by atoms with Gasteiger partial charge in [0.15, 0.2) is 22.8 Å². The number of aromatic nitrogens is 3. The number of fused-ring (bicyclic) bond motifs is 2. The third kappa shape index (κ3) is 6.39. The second-order valence-electron chi connectivity index (χ2n) is 10.5. The van der Waals surface area contributed by atoms with Gasteiger partial charge in [-0.2, -0.15) is 5.26 Å². The number of aliphatic carboxylic acids is 1. The Labute approximate surface area is 262 Å². The summed E-state index contributed by atoms with van der Waals surface area (Å²) in [4.78, 5) is 15.5. The van der Waals surface area contributed by atoms with Crippen LogP contribution in [0.15, 0.2) is 65.4 Å². The largest absolute Gasteiger partial charge is 0.488 e. The second-order valence-corrected chi connectivity index (χ2v) is 10.5. The van der Waals surface area contributed by atoms with Crippen LogP contribution < -0.4 is 24.3 Å². The van der Waals surface area contributed by atoms with E-state index < -0.39 is 18.6 Å². The van der Waals surface area contributed by atoms with E-state index in [4.69, 9.17) is 23.6 Å². The van der Waals surface area contributed by atoms with E-state index >= 15 is 0 Å². The second kappa shape index (κ2) is 13.5. The molecule has 46 heavy (non-hydrogen) atoms. The molecule has 234 valence electrons. The van der Waals surface area contributed by atoms with Crippen molar-refractivity contribution in [2.45, 2.75) is 32.7 Å². The van der Waals surface area contributed by atoms with Gasteiger partial charge in [0.25, 0.3) is 0 Å². The smallest absolute Gasteiger partial charge is 0.323 e. The first-order valence-electron chi connectivity index (χ1n) is 14.4. The number of hydrogen-bond donors (Lipinski definition) is 3. The number of aliphatic hydroxyl groups excluding tert-OH is 1. The van der Waals surface area contributed by atoms with E-state index in [1.54, 1.807) is 18.2 Å². The predicted molar refractivity (Wildman–Crippen MR) is 162 cm³/mol. The van der Waals surface area contributed by atoms with E-state index in [2.05, 4.69) is 20.6 Å². The van der Waals surface area contributed by atoms with Crippen LogP contribution in [0.4, 0.5) is 0 Å². The number of carboxylic acids is 1. The molecule has 1 aliphatic heterocycles. The number of benzene rings is 3. The van der Waals surface area contributed by atoms with Crippen LogP contribution in [-0.4, -0.2) is 57.3 Å². The highest BCUT2D eigenvalue weighted by Crippen LogP contribution is 2.38. The summed E-state index contributed by atoms with van der Waals surface area (Å²) in [5.74, 6) is 0.873. The molecule has 0 bridgehead atoms. The topological polar surface area (TPSA) is 182 Å². The van der Waals surface area contributed by atoms with Crippen molar-refractivity contribution in [3.63, 3.8) is 0 Å². The molecule has 0 saturated heterocycles. The number of nitriles is 1. The highest BCUT2D eigenvalue weighted by molar-refractivity contribution is 5.86. The molecule has 0 saturated carbocycles.